The average Bonchev–Trinajstić information content (AvgIpc) is 3.22. The number of amides is 2. The number of carboxylic acid groups (broad SMARTS) is 1. The van der Waals surface area contributed by atoms with Crippen LogP contribution in [0.5, 0.6) is 5.75 Å². The van der Waals surface area contributed by atoms with Crippen LogP contribution in [0.3, 0.4) is 0 Å². The first-order chi connectivity index (χ1) is 15.0. The van der Waals surface area contributed by atoms with E-state index in [1.165, 1.54) is 4.90 Å². The Kier molecular flexibility index (Phi) is 7.65. The monoisotopic (exact) mass is 424 g/mol. The van der Waals surface area contributed by atoms with Gasteiger partial charge in [0.05, 0.1) is 13.2 Å². The summed E-state index contributed by atoms with van der Waals surface area (Å²) in [5, 5.41) is 12.2. The molecule has 2 aromatic rings. The standard InChI is InChI=1S/C24H28N2O5/c1-17-8-5-6-11-20(17)18-14-21(24(29)30)26(16-18)23(28)15-25-22(27)12-7-13-31-19-9-3-2-4-10-19/h2-6,8-11,18,21H,7,12-16H2,1H3,(H,25,27)(H,29,30)/t18?,21-/m0/s1. The third kappa shape index (κ3) is 6.07. The van der Waals surface area contributed by atoms with Gasteiger partial charge in [-0.2, -0.15) is 0 Å². The quantitative estimate of drug-likeness (QED) is 0.604. The van der Waals surface area contributed by atoms with Crippen LogP contribution in [-0.2, 0) is 14.4 Å². The van der Waals surface area contributed by atoms with Gasteiger partial charge < -0.3 is 20.1 Å². The van der Waals surface area contributed by atoms with Crippen LogP contribution in [0.15, 0.2) is 54.6 Å². The Morgan fingerprint density at radius 2 is 1.81 bits per heavy atom. The van der Waals surface area contributed by atoms with Crippen molar-refractivity contribution in [1.29, 1.82) is 0 Å². The first kappa shape index (κ1) is 22.3. The fourth-order valence-electron chi connectivity index (χ4n) is 3.92. The highest BCUT2D eigenvalue weighted by atomic mass is 16.5. The minimum atomic E-state index is -1.02. The molecule has 0 saturated carbocycles. The van der Waals surface area contributed by atoms with Gasteiger partial charge in [0, 0.05) is 18.9 Å². The summed E-state index contributed by atoms with van der Waals surface area (Å²) in [6.07, 6.45) is 1.12. The Morgan fingerprint density at radius 1 is 1.10 bits per heavy atom. The molecule has 1 unspecified atom stereocenters. The minimum absolute atomic E-state index is 0.0305. The van der Waals surface area contributed by atoms with Crippen molar-refractivity contribution in [3.63, 3.8) is 0 Å². The highest BCUT2D eigenvalue weighted by Gasteiger charge is 2.40. The zero-order valence-corrected chi connectivity index (χ0v) is 17.6. The van der Waals surface area contributed by atoms with Gasteiger partial charge in [-0.05, 0) is 43.0 Å². The number of rotatable bonds is 9. The number of ether oxygens (including phenoxy) is 1. The number of carbonyl (C=O) groups excluding carboxylic acids is 2. The van der Waals surface area contributed by atoms with E-state index in [1.54, 1.807) is 0 Å². The molecule has 1 saturated heterocycles. The third-order valence-electron chi connectivity index (χ3n) is 5.53. The molecule has 3 rings (SSSR count). The highest BCUT2D eigenvalue weighted by molar-refractivity contribution is 5.88. The Morgan fingerprint density at radius 3 is 2.52 bits per heavy atom. The second-order valence-corrected chi connectivity index (χ2v) is 7.73. The Balaban J connectivity index is 1.46. The maximum absolute atomic E-state index is 12.7. The predicted molar refractivity (Wildman–Crippen MR) is 116 cm³/mol. The van der Waals surface area contributed by atoms with E-state index in [-0.39, 0.29) is 30.7 Å². The van der Waals surface area contributed by atoms with Gasteiger partial charge in [0.2, 0.25) is 11.8 Å². The van der Waals surface area contributed by atoms with Crippen LogP contribution in [0.4, 0.5) is 0 Å². The van der Waals surface area contributed by atoms with Crippen molar-refractivity contribution in [2.45, 2.75) is 38.1 Å². The number of para-hydroxylation sites is 1. The molecular formula is C24H28N2O5. The SMILES string of the molecule is Cc1ccccc1C1C[C@@H](C(=O)O)N(C(=O)CNC(=O)CCCOc2ccccc2)C1. The molecule has 7 heteroatoms. The van der Waals surface area contributed by atoms with Crippen LogP contribution >= 0.6 is 0 Å². The van der Waals surface area contributed by atoms with Crippen LogP contribution in [-0.4, -0.2) is 53.5 Å². The normalized spacial score (nSPS) is 17.9. The molecule has 1 heterocycles. The molecule has 1 aliphatic heterocycles. The molecule has 1 fully saturated rings. The number of nitrogens with one attached hydrogen (secondary N) is 1. The number of likely N-dealkylation sites (tertiary alicyclic amines) is 1. The van der Waals surface area contributed by atoms with E-state index in [0.717, 1.165) is 16.9 Å². The van der Waals surface area contributed by atoms with Gasteiger partial charge in [0.15, 0.2) is 0 Å². The molecule has 0 spiro atoms. The molecule has 0 bridgehead atoms. The number of aliphatic carboxylic acids is 1. The van der Waals surface area contributed by atoms with Crippen LogP contribution in [0.2, 0.25) is 0 Å². The molecule has 164 valence electrons. The number of carbonyl (C=O) groups is 3. The Hall–Kier alpha value is -3.35. The van der Waals surface area contributed by atoms with Crippen molar-refractivity contribution >= 4 is 17.8 Å². The molecule has 2 N–H and O–H groups in total. The van der Waals surface area contributed by atoms with Crippen LogP contribution < -0.4 is 10.1 Å². The van der Waals surface area contributed by atoms with E-state index in [4.69, 9.17) is 4.74 Å². The first-order valence-corrected chi connectivity index (χ1v) is 10.5. The van der Waals surface area contributed by atoms with E-state index in [2.05, 4.69) is 5.32 Å². The highest BCUT2D eigenvalue weighted by Crippen LogP contribution is 2.33. The topological polar surface area (TPSA) is 95.9 Å². The summed E-state index contributed by atoms with van der Waals surface area (Å²) in [7, 11) is 0. The molecule has 2 atom stereocenters. The van der Waals surface area contributed by atoms with Crippen LogP contribution in [0.25, 0.3) is 0 Å². The molecule has 2 amide bonds. The number of hydrogen-bond donors (Lipinski definition) is 2. The largest absolute Gasteiger partial charge is 0.494 e. The fraction of sp³-hybridized carbons (Fsp3) is 0.375. The molecule has 0 radical (unpaired) electrons. The zero-order valence-electron chi connectivity index (χ0n) is 17.6. The second kappa shape index (κ2) is 10.6. The van der Waals surface area contributed by atoms with Gasteiger partial charge in [-0.3, -0.25) is 9.59 Å². The van der Waals surface area contributed by atoms with Gasteiger partial charge in [0.1, 0.15) is 11.8 Å². The summed E-state index contributed by atoms with van der Waals surface area (Å²) < 4.78 is 5.55. The summed E-state index contributed by atoms with van der Waals surface area (Å²) in [5.74, 6) is -0.940. The van der Waals surface area contributed by atoms with Gasteiger partial charge in [0.25, 0.3) is 0 Å². The first-order valence-electron chi connectivity index (χ1n) is 10.5. The van der Waals surface area contributed by atoms with Crippen LogP contribution in [0, 0.1) is 6.92 Å². The van der Waals surface area contributed by atoms with Crippen molar-refractivity contribution in [2.75, 3.05) is 19.7 Å². The molecule has 31 heavy (non-hydrogen) atoms. The van der Waals surface area contributed by atoms with E-state index in [1.807, 2.05) is 61.5 Å². The number of nitrogens with zero attached hydrogens (tertiary/aromatic N) is 1. The lowest BCUT2D eigenvalue weighted by atomic mass is 9.93. The Bertz CT molecular complexity index is 915. The van der Waals surface area contributed by atoms with E-state index >= 15 is 0 Å². The lowest BCUT2D eigenvalue weighted by Gasteiger charge is -2.21. The lowest BCUT2D eigenvalue weighted by Crippen LogP contribution is -2.45. The van der Waals surface area contributed by atoms with Gasteiger partial charge in [-0.15, -0.1) is 0 Å². The van der Waals surface area contributed by atoms with Gasteiger partial charge >= 0.3 is 5.97 Å². The predicted octanol–water partition coefficient (Wildman–Crippen LogP) is 2.74. The average molecular weight is 424 g/mol. The second-order valence-electron chi connectivity index (χ2n) is 7.73. The van der Waals surface area contributed by atoms with E-state index in [9.17, 15) is 19.5 Å². The van der Waals surface area contributed by atoms with Gasteiger partial charge in [-0.25, -0.2) is 4.79 Å². The fourth-order valence-corrected chi connectivity index (χ4v) is 3.92. The van der Waals surface area contributed by atoms with Crippen molar-refractivity contribution in [3.8, 4) is 5.75 Å². The maximum atomic E-state index is 12.7. The molecule has 0 aromatic heterocycles. The Labute approximate surface area is 182 Å². The van der Waals surface area contributed by atoms with Crippen molar-refractivity contribution in [3.05, 3.63) is 65.7 Å². The molecule has 2 aromatic carbocycles. The third-order valence-corrected chi connectivity index (χ3v) is 5.53. The zero-order chi connectivity index (χ0) is 22.2. The molecular weight excluding hydrogens is 396 g/mol. The summed E-state index contributed by atoms with van der Waals surface area (Å²) in [6, 6.07) is 16.3. The van der Waals surface area contributed by atoms with Gasteiger partial charge in [-0.1, -0.05) is 42.5 Å². The number of aryl methyl sites for hydroxylation is 1. The summed E-state index contributed by atoms with van der Waals surface area (Å²) in [4.78, 5) is 37.8. The van der Waals surface area contributed by atoms with Crippen molar-refractivity contribution < 1.29 is 24.2 Å². The van der Waals surface area contributed by atoms with Crippen molar-refractivity contribution in [2.24, 2.45) is 0 Å². The lowest BCUT2D eigenvalue weighted by molar-refractivity contribution is -0.148. The summed E-state index contributed by atoms with van der Waals surface area (Å²) in [5.41, 5.74) is 2.14. The number of benzene rings is 2. The number of carboxylic acids is 1. The molecule has 1 aliphatic rings. The molecule has 7 nitrogen and oxygen atoms in total. The minimum Gasteiger partial charge on any atom is -0.494 e. The van der Waals surface area contributed by atoms with E-state index < -0.39 is 12.0 Å². The maximum Gasteiger partial charge on any atom is 0.326 e. The van der Waals surface area contributed by atoms with E-state index in [0.29, 0.717) is 26.0 Å². The number of hydrogen-bond acceptors (Lipinski definition) is 4. The van der Waals surface area contributed by atoms with Crippen molar-refractivity contribution in [1.82, 2.24) is 10.2 Å². The smallest absolute Gasteiger partial charge is 0.326 e. The molecule has 0 aliphatic carbocycles. The summed E-state index contributed by atoms with van der Waals surface area (Å²) in [6.45, 7) is 2.51. The van der Waals surface area contributed by atoms with Crippen LogP contribution in [0.1, 0.15) is 36.3 Å². The summed E-state index contributed by atoms with van der Waals surface area (Å²) >= 11 is 0.